The summed E-state index contributed by atoms with van der Waals surface area (Å²) in [7, 11) is 0. The highest BCUT2D eigenvalue weighted by atomic mass is 79.9. The lowest BCUT2D eigenvalue weighted by atomic mass is 9.81. The van der Waals surface area contributed by atoms with Crippen LogP contribution in [0.1, 0.15) is 32.8 Å². The summed E-state index contributed by atoms with van der Waals surface area (Å²) in [4.78, 5) is 0. The fourth-order valence-electron chi connectivity index (χ4n) is 1.80. The Kier molecular flexibility index (Phi) is 4.07. The molecule has 0 amide bonds. The molecule has 16 heavy (non-hydrogen) atoms. The second-order valence-electron chi connectivity index (χ2n) is 4.15. The van der Waals surface area contributed by atoms with E-state index in [1.54, 1.807) is 20.8 Å². The molecule has 0 saturated carbocycles. The Labute approximate surface area is 103 Å². The maximum atomic E-state index is 13.9. The Hall–Kier alpha value is -0.480. The van der Waals surface area contributed by atoms with Crippen LogP contribution in [0.3, 0.4) is 0 Å². The topological polar surface area (TPSA) is 20.2 Å². The predicted molar refractivity (Wildman–Crippen MR) is 63.1 cm³/mol. The summed E-state index contributed by atoms with van der Waals surface area (Å²) < 4.78 is 27.7. The third-order valence-corrected chi connectivity index (χ3v) is 3.58. The first kappa shape index (κ1) is 13.6. The Morgan fingerprint density at radius 3 is 2.38 bits per heavy atom. The minimum absolute atomic E-state index is 0.163. The molecule has 1 nitrogen and oxygen atoms in total. The van der Waals surface area contributed by atoms with Crippen LogP contribution in [0, 0.1) is 17.6 Å². The lowest BCUT2D eigenvalue weighted by Gasteiger charge is -2.32. The van der Waals surface area contributed by atoms with Crippen molar-refractivity contribution in [3.05, 3.63) is 33.8 Å². The average Bonchev–Trinajstić information content (AvgIpc) is 2.23. The highest BCUT2D eigenvalue weighted by molar-refractivity contribution is 9.10. The van der Waals surface area contributed by atoms with Gasteiger partial charge in [0.25, 0.3) is 0 Å². The molecule has 1 aromatic rings. The molecule has 0 spiro atoms. The van der Waals surface area contributed by atoms with E-state index in [0.717, 1.165) is 6.07 Å². The monoisotopic (exact) mass is 292 g/mol. The Bertz CT molecular complexity index is 393. The normalized spacial score (nSPS) is 15.2. The van der Waals surface area contributed by atoms with Crippen molar-refractivity contribution >= 4 is 15.9 Å². The maximum absolute atomic E-state index is 13.9. The third kappa shape index (κ3) is 2.13. The van der Waals surface area contributed by atoms with Crippen LogP contribution >= 0.6 is 15.9 Å². The Balaban J connectivity index is 3.47. The molecule has 90 valence electrons. The molecule has 0 aliphatic heterocycles. The number of hydrogen-bond acceptors (Lipinski definition) is 1. The van der Waals surface area contributed by atoms with E-state index in [-0.39, 0.29) is 22.4 Å². The quantitative estimate of drug-likeness (QED) is 0.836. The number of rotatable bonds is 3. The van der Waals surface area contributed by atoms with Crippen LogP contribution in [0.4, 0.5) is 8.78 Å². The first-order valence-corrected chi connectivity index (χ1v) is 6.00. The molecule has 0 radical (unpaired) electrons. The van der Waals surface area contributed by atoms with Crippen LogP contribution in [0.2, 0.25) is 0 Å². The number of aliphatic hydroxyl groups is 1. The summed E-state index contributed by atoms with van der Waals surface area (Å²) in [6, 6.07) is 2.45. The van der Waals surface area contributed by atoms with Crippen LogP contribution in [-0.2, 0) is 5.60 Å². The van der Waals surface area contributed by atoms with Gasteiger partial charge in [0.2, 0.25) is 0 Å². The molecular weight excluding hydrogens is 278 g/mol. The van der Waals surface area contributed by atoms with E-state index in [0.29, 0.717) is 0 Å². The van der Waals surface area contributed by atoms with Gasteiger partial charge in [0, 0.05) is 0 Å². The average molecular weight is 293 g/mol. The van der Waals surface area contributed by atoms with Gasteiger partial charge in [-0.1, -0.05) is 20.8 Å². The van der Waals surface area contributed by atoms with Gasteiger partial charge in [-0.05, 0) is 40.4 Å². The van der Waals surface area contributed by atoms with E-state index in [1.807, 2.05) is 0 Å². The van der Waals surface area contributed by atoms with Crippen molar-refractivity contribution in [3.8, 4) is 0 Å². The zero-order valence-corrected chi connectivity index (χ0v) is 11.1. The maximum Gasteiger partial charge on any atom is 0.146 e. The van der Waals surface area contributed by atoms with E-state index in [2.05, 4.69) is 15.9 Å². The molecule has 0 fully saturated rings. The zero-order valence-electron chi connectivity index (χ0n) is 9.52. The van der Waals surface area contributed by atoms with E-state index in [4.69, 9.17) is 0 Å². The predicted octanol–water partition coefficient (Wildman–Crippen LogP) is 3.98. The van der Waals surface area contributed by atoms with Gasteiger partial charge in [-0.25, -0.2) is 8.78 Å². The van der Waals surface area contributed by atoms with Crippen LogP contribution < -0.4 is 0 Å². The van der Waals surface area contributed by atoms with Crippen molar-refractivity contribution in [1.82, 2.24) is 0 Å². The minimum atomic E-state index is -1.47. The molecule has 0 heterocycles. The molecule has 4 heteroatoms. The lowest BCUT2D eigenvalue weighted by Crippen LogP contribution is -2.33. The Morgan fingerprint density at radius 2 is 1.94 bits per heavy atom. The van der Waals surface area contributed by atoms with Crippen LogP contribution in [0.5, 0.6) is 0 Å². The van der Waals surface area contributed by atoms with Gasteiger partial charge in [0.05, 0.1) is 15.6 Å². The molecule has 1 unspecified atom stereocenters. The minimum Gasteiger partial charge on any atom is -0.385 e. The first-order chi connectivity index (χ1) is 7.34. The van der Waals surface area contributed by atoms with Gasteiger partial charge in [-0.2, -0.15) is 0 Å². The summed E-state index contributed by atoms with van der Waals surface area (Å²) >= 11 is 3.00. The van der Waals surface area contributed by atoms with Gasteiger partial charge < -0.3 is 5.11 Å². The molecule has 0 aliphatic rings. The smallest absolute Gasteiger partial charge is 0.146 e. The molecule has 0 aromatic heterocycles. The molecule has 0 saturated heterocycles. The van der Waals surface area contributed by atoms with Gasteiger partial charge in [0.15, 0.2) is 0 Å². The van der Waals surface area contributed by atoms with Gasteiger partial charge in [-0.15, -0.1) is 0 Å². The number of hydrogen-bond donors (Lipinski definition) is 1. The van der Waals surface area contributed by atoms with Crippen molar-refractivity contribution in [2.75, 3.05) is 0 Å². The van der Waals surface area contributed by atoms with Gasteiger partial charge in [0.1, 0.15) is 11.6 Å². The molecule has 1 atom stereocenters. The van der Waals surface area contributed by atoms with E-state index in [1.165, 1.54) is 6.07 Å². The standard InChI is InChI=1S/C12H15BrF2O/c1-4-12(16,7(2)3)10-9(14)6-5-8(13)11(10)15/h5-7,16H,4H2,1-3H3. The molecule has 0 bridgehead atoms. The second-order valence-corrected chi connectivity index (χ2v) is 5.01. The highest BCUT2D eigenvalue weighted by Gasteiger charge is 2.37. The summed E-state index contributed by atoms with van der Waals surface area (Å²) in [5.41, 5.74) is -1.72. The van der Waals surface area contributed by atoms with Crippen LogP contribution in [-0.4, -0.2) is 5.11 Å². The van der Waals surface area contributed by atoms with Crippen molar-refractivity contribution in [3.63, 3.8) is 0 Å². The van der Waals surface area contributed by atoms with Crippen molar-refractivity contribution in [2.24, 2.45) is 5.92 Å². The van der Waals surface area contributed by atoms with Crippen LogP contribution in [0.15, 0.2) is 16.6 Å². The fraction of sp³-hybridized carbons (Fsp3) is 0.500. The largest absolute Gasteiger partial charge is 0.385 e. The number of halogens is 3. The van der Waals surface area contributed by atoms with E-state index in [9.17, 15) is 13.9 Å². The SMILES string of the molecule is CCC(O)(c1c(F)ccc(Br)c1F)C(C)C. The van der Waals surface area contributed by atoms with Crippen molar-refractivity contribution < 1.29 is 13.9 Å². The van der Waals surface area contributed by atoms with Gasteiger partial charge >= 0.3 is 0 Å². The van der Waals surface area contributed by atoms with Gasteiger partial charge in [-0.3, -0.25) is 0 Å². The molecule has 1 rings (SSSR count). The lowest BCUT2D eigenvalue weighted by molar-refractivity contribution is -0.0204. The second kappa shape index (κ2) is 4.80. The van der Waals surface area contributed by atoms with E-state index < -0.39 is 17.2 Å². The van der Waals surface area contributed by atoms with Crippen molar-refractivity contribution in [2.45, 2.75) is 32.8 Å². The third-order valence-electron chi connectivity index (χ3n) is 2.97. The molecule has 1 aromatic carbocycles. The molecular formula is C12H15BrF2O. The fourth-order valence-corrected chi connectivity index (χ4v) is 2.13. The Morgan fingerprint density at radius 1 is 1.38 bits per heavy atom. The molecule has 1 N–H and O–H groups in total. The van der Waals surface area contributed by atoms with Crippen LogP contribution in [0.25, 0.3) is 0 Å². The summed E-state index contributed by atoms with van der Waals surface area (Å²) in [6.07, 6.45) is 0.259. The summed E-state index contributed by atoms with van der Waals surface area (Å²) in [5, 5.41) is 10.4. The van der Waals surface area contributed by atoms with Crippen molar-refractivity contribution in [1.29, 1.82) is 0 Å². The number of benzene rings is 1. The zero-order chi connectivity index (χ0) is 12.5. The first-order valence-electron chi connectivity index (χ1n) is 5.21. The van der Waals surface area contributed by atoms with E-state index >= 15 is 0 Å². The summed E-state index contributed by atoms with van der Waals surface area (Å²) in [5.74, 6) is -1.70. The highest BCUT2D eigenvalue weighted by Crippen LogP contribution is 2.38. The summed E-state index contributed by atoms with van der Waals surface area (Å²) in [6.45, 7) is 5.19. The molecule has 0 aliphatic carbocycles.